The van der Waals surface area contributed by atoms with Crippen LogP contribution in [-0.4, -0.2) is 26.2 Å². The maximum absolute atomic E-state index is 3.52. The number of nitrogens with one attached hydrogen (secondary N) is 2. The third-order valence-corrected chi connectivity index (χ3v) is 2.64. The SMILES string of the molecule is CC(C)CNCC1CNCC1C. The van der Waals surface area contributed by atoms with Crippen LogP contribution in [0.4, 0.5) is 0 Å². The van der Waals surface area contributed by atoms with Gasteiger partial charge in [0.25, 0.3) is 0 Å². The van der Waals surface area contributed by atoms with Crippen LogP contribution in [0.15, 0.2) is 0 Å². The van der Waals surface area contributed by atoms with Crippen LogP contribution in [0.3, 0.4) is 0 Å². The minimum absolute atomic E-state index is 0.773. The minimum atomic E-state index is 0.773. The van der Waals surface area contributed by atoms with Crippen LogP contribution in [0.1, 0.15) is 20.8 Å². The summed E-state index contributed by atoms with van der Waals surface area (Å²) < 4.78 is 0. The second-order valence-electron chi connectivity index (χ2n) is 4.45. The second kappa shape index (κ2) is 4.83. The monoisotopic (exact) mass is 170 g/mol. The van der Waals surface area contributed by atoms with Gasteiger partial charge in [-0.15, -0.1) is 0 Å². The molecule has 0 saturated carbocycles. The Labute approximate surface area is 76.1 Å². The molecular weight excluding hydrogens is 148 g/mol. The van der Waals surface area contributed by atoms with Crippen molar-refractivity contribution in [3.63, 3.8) is 0 Å². The molecule has 2 heteroatoms. The van der Waals surface area contributed by atoms with E-state index in [2.05, 4.69) is 31.4 Å². The fourth-order valence-electron chi connectivity index (χ4n) is 1.70. The molecule has 0 radical (unpaired) electrons. The fraction of sp³-hybridized carbons (Fsp3) is 1.00. The Bertz CT molecular complexity index is 123. The van der Waals surface area contributed by atoms with E-state index in [4.69, 9.17) is 0 Å². The highest BCUT2D eigenvalue weighted by atomic mass is 14.9. The van der Waals surface area contributed by atoms with Gasteiger partial charge >= 0.3 is 0 Å². The summed E-state index contributed by atoms with van der Waals surface area (Å²) in [5.41, 5.74) is 0. The topological polar surface area (TPSA) is 24.1 Å². The van der Waals surface area contributed by atoms with E-state index in [1.54, 1.807) is 0 Å². The zero-order valence-corrected chi connectivity index (χ0v) is 8.56. The van der Waals surface area contributed by atoms with Crippen molar-refractivity contribution in [2.45, 2.75) is 20.8 Å². The van der Waals surface area contributed by atoms with Gasteiger partial charge in [0.1, 0.15) is 0 Å². The molecule has 0 bridgehead atoms. The molecule has 2 nitrogen and oxygen atoms in total. The predicted octanol–water partition coefficient (Wildman–Crippen LogP) is 1.09. The highest BCUT2D eigenvalue weighted by Crippen LogP contribution is 2.14. The molecule has 1 rings (SSSR count). The summed E-state index contributed by atoms with van der Waals surface area (Å²) in [5, 5.41) is 6.94. The van der Waals surface area contributed by atoms with Crippen LogP contribution in [0, 0.1) is 17.8 Å². The third kappa shape index (κ3) is 3.11. The van der Waals surface area contributed by atoms with Gasteiger partial charge in [0.15, 0.2) is 0 Å². The van der Waals surface area contributed by atoms with Gasteiger partial charge in [-0.05, 0) is 43.9 Å². The summed E-state index contributed by atoms with van der Waals surface area (Å²) in [7, 11) is 0. The molecule has 0 aromatic carbocycles. The van der Waals surface area contributed by atoms with E-state index in [1.165, 1.54) is 19.6 Å². The smallest absolute Gasteiger partial charge is 0.000523 e. The molecule has 1 heterocycles. The van der Waals surface area contributed by atoms with Crippen LogP contribution < -0.4 is 10.6 Å². The average Bonchev–Trinajstić information content (AvgIpc) is 2.36. The van der Waals surface area contributed by atoms with Crippen molar-refractivity contribution >= 4 is 0 Å². The van der Waals surface area contributed by atoms with Gasteiger partial charge in [0, 0.05) is 0 Å². The zero-order valence-electron chi connectivity index (χ0n) is 8.56. The number of hydrogen-bond acceptors (Lipinski definition) is 2. The molecule has 2 atom stereocenters. The summed E-state index contributed by atoms with van der Waals surface area (Å²) in [6.07, 6.45) is 0. The number of hydrogen-bond donors (Lipinski definition) is 2. The molecule has 1 fully saturated rings. The highest BCUT2D eigenvalue weighted by molar-refractivity contribution is 4.79. The molecule has 72 valence electrons. The molecule has 1 aliphatic rings. The molecule has 0 aliphatic carbocycles. The van der Waals surface area contributed by atoms with Gasteiger partial charge in [-0.2, -0.15) is 0 Å². The maximum Gasteiger partial charge on any atom is -0.000523 e. The van der Waals surface area contributed by atoms with Gasteiger partial charge in [0.2, 0.25) is 0 Å². The molecule has 0 amide bonds. The van der Waals surface area contributed by atoms with E-state index in [9.17, 15) is 0 Å². The van der Waals surface area contributed by atoms with Gasteiger partial charge < -0.3 is 10.6 Å². The summed E-state index contributed by atoms with van der Waals surface area (Å²) >= 11 is 0. The minimum Gasteiger partial charge on any atom is -0.316 e. The Morgan fingerprint density at radius 1 is 1.42 bits per heavy atom. The average molecular weight is 170 g/mol. The summed E-state index contributed by atoms with van der Waals surface area (Å²) in [6, 6.07) is 0. The molecule has 1 aliphatic heterocycles. The molecule has 0 aromatic rings. The Hall–Kier alpha value is -0.0800. The van der Waals surface area contributed by atoms with Crippen molar-refractivity contribution in [1.82, 2.24) is 10.6 Å². The quantitative estimate of drug-likeness (QED) is 0.660. The van der Waals surface area contributed by atoms with Crippen molar-refractivity contribution < 1.29 is 0 Å². The Balaban J connectivity index is 2.06. The van der Waals surface area contributed by atoms with E-state index in [1.807, 2.05) is 0 Å². The first-order valence-electron chi connectivity index (χ1n) is 5.11. The first kappa shape index (κ1) is 10.0. The van der Waals surface area contributed by atoms with E-state index in [0.29, 0.717) is 0 Å². The van der Waals surface area contributed by atoms with Crippen molar-refractivity contribution in [3.05, 3.63) is 0 Å². The molecule has 0 spiro atoms. The van der Waals surface area contributed by atoms with Crippen molar-refractivity contribution in [2.24, 2.45) is 17.8 Å². The lowest BCUT2D eigenvalue weighted by Crippen LogP contribution is -2.29. The van der Waals surface area contributed by atoms with E-state index >= 15 is 0 Å². The van der Waals surface area contributed by atoms with Gasteiger partial charge in [-0.3, -0.25) is 0 Å². The molecule has 2 unspecified atom stereocenters. The lowest BCUT2D eigenvalue weighted by atomic mass is 9.98. The van der Waals surface area contributed by atoms with E-state index in [0.717, 1.165) is 24.3 Å². The van der Waals surface area contributed by atoms with Gasteiger partial charge in [0.05, 0.1) is 0 Å². The zero-order chi connectivity index (χ0) is 8.97. The van der Waals surface area contributed by atoms with Crippen LogP contribution in [0.2, 0.25) is 0 Å². The second-order valence-corrected chi connectivity index (χ2v) is 4.45. The van der Waals surface area contributed by atoms with E-state index < -0.39 is 0 Å². The fourth-order valence-corrected chi connectivity index (χ4v) is 1.70. The van der Waals surface area contributed by atoms with Crippen LogP contribution in [0.25, 0.3) is 0 Å². The number of rotatable bonds is 4. The molecular formula is C10H22N2. The molecule has 12 heavy (non-hydrogen) atoms. The van der Waals surface area contributed by atoms with E-state index in [-0.39, 0.29) is 0 Å². The first-order chi connectivity index (χ1) is 5.70. The third-order valence-electron chi connectivity index (χ3n) is 2.64. The Morgan fingerprint density at radius 2 is 2.17 bits per heavy atom. The van der Waals surface area contributed by atoms with Crippen LogP contribution in [-0.2, 0) is 0 Å². The summed E-state index contributed by atoms with van der Waals surface area (Å²) in [4.78, 5) is 0. The van der Waals surface area contributed by atoms with Gasteiger partial charge in [-0.1, -0.05) is 20.8 Å². The van der Waals surface area contributed by atoms with Crippen molar-refractivity contribution in [1.29, 1.82) is 0 Å². The molecule has 2 N–H and O–H groups in total. The lowest BCUT2D eigenvalue weighted by molar-refractivity contribution is 0.406. The summed E-state index contributed by atoms with van der Waals surface area (Å²) in [6.45, 7) is 11.6. The molecule has 0 aromatic heterocycles. The standard InChI is InChI=1S/C10H22N2/c1-8(2)4-11-6-10-7-12-5-9(10)3/h8-12H,4-7H2,1-3H3. The Kier molecular flexibility index (Phi) is 4.02. The van der Waals surface area contributed by atoms with Crippen molar-refractivity contribution in [3.8, 4) is 0 Å². The normalized spacial score (nSPS) is 30.0. The highest BCUT2D eigenvalue weighted by Gasteiger charge is 2.21. The molecule has 1 saturated heterocycles. The predicted molar refractivity (Wildman–Crippen MR) is 53.2 cm³/mol. The van der Waals surface area contributed by atoms with Gasteiger partial charge in [-0.25, -0.2) is 0 Å². The summed E-state index contributed by atoms with van der Waals surface area (Å²) in [5.74, 6) is 2.48. The van der Waals surface area contributed by atoms with Crippen LogP contribution >= 0.6 is 0 Å². The first-order valence-corrected chi connectivity index (χ1v) is 5.11. The largest absolute Gasteiger partial charge is 0.316 e. The lowest BCUT2D eigenvalue weighted by Gasteiger charge is -2.15. The van der Waals surface area contributed by atoms with Crippen molar-refractivity contribution in [2.75, 3.05) is 26.2 Å². The Morgan fingerprint density at radius 3 is 2.67 bits per heavy atom. The maximum atomic E-state index is 3.52. The van der Waals surface area contributed by atoms with Crippen LogP contribution in [0.5, 0.6) is 0 Å².